The lowest BCUT2D eigenvalue weighted by atomic mass is 9.53. The molecule has 3 aliphatic carbocycles. The van der Waals surface area contributed by atoms with E-state index in [0.717, 1.165) is 76.6 Å². The normalized spacial score (nSPS) is 23.4. The molecule has 2 unspecified atom stereocenters. The summed E-state index contributed by atoms with van der Waals surface area (Å²) in [6, 6.07) is 17.8. The number of carbonyl (C=O) groups excluding carboxylic acids is 1. The van der Waals surface area contributed by atoms with E-state index in [4.69, 9.17) is 9.72 Å². The van der Waals surface area contributed by atoms with Crippen LogP contribution in [0.25, 0.3) is 45.6 Å². The van der Waals surface area contributed by atoms with Gasteiger partial charge in [-0.2, -0.15) is 13.2 Å². The Kier molecular flexibility index (Phi) is 6.24. The number of carbonyl (C=O) groups is 1. The van der Waals surface area contributed by atoms with Crippen molar-refractivity contribution in [3.8, 4) is 17.3 Å². The van der Waals surface area contributed by atoms with Gasteiger partial charge in [-0.3, -0.25) is 4.79 Å². The number of benzene rings is 3. The van der Waals surface area contributed by atoms with Crippen LogP contribution in [0.4, 0.5) is 13.2 Å². The molecule has 47 heavy (non-hydrogen) atoms. The average Bonchev–Trinajstić information content (AvgIpc) is 3.72. The number of nitrogens with zero attached hydrogens (tertiary/aromatic N) is 4. The number of hydrogen-bond donors (Lipinski definition) is 0. The van der Waals surface area contributed by atoms with Crippen molar-refractivity contribution in [1.29, 1.82) is 0 Å². The number of hydrogen-bond acceptors (Lipinski definition) is 3. The second-order valence-corrected chi connectivity index (χ2v) is 14.0. The van der Waals surface area contributed by atoms with Gasteiger partial charge in [-0.15, -0.1) is 0 Å². The van der Waals surface area contributed by atoms with Gasteiger partial charge in [0.2, 0.25) is 0 Å². The summed E-state index contributed by atoms with van der Waals surface area (Å²) in [6.07, 6.45) is 4.21. The van der Waals surface area contributed by atoms with E-state index in [1.807, 2.05) is 37.4 Å². The first kappa shape index (κ1) is 28.7. The van der Waals surface area contributed by atoms with Crippen LogP contribution in [0.15, 0.2) is 60.7 Å². The number of methoxy groups -OCH3 is 1. The highest BCUT2D eigenvalue weighted by Gasteiger charge is 2.61. The van der Waals surface area contributed by atoms with E-state index in [1.54, 1.807) is 7.11 Å². The van der Waals surface area contributed by atoms with Gasteiger partial charge in [0.25, 0.3) is 5.91 Å². The maximum Gasteiger partial charge on any atom is 0.416 e. The Morgan fingerprint density at radius 1 is 0.979 bits per heavy atom. The minimum absolute atomic E-state index is 0.0787. The highest BCUT2D eigenvalue weighted by atomic mass is 19.4. The third-order valence-corrected chi connectivity index (χ3v) is 11.2. The Bertz CT molecular complexity index is 2100. The van der Waals surface area contributed by atoms with E-state index in [1.165, 1.54) is 31.4 Å². The molecular weight excluding hydrogens is 601 g/mol. The van der Waals surface area contributed by atoms with E-state index in [2.05, 4.69) is 32.2 Å². The van der Waals surface area contributed by atoms with Gasteiger partial charge in [0.05, 0.1) is 23.9 Å². The maximum absolute atomic E-state index is 13.8. The molecule has 4 atom stereocenters. The van der Waals surface area contributed by atoms with Gasteiger partial charge >= 0.3 is 6.18 Å². The van der Waals surface area contributed by atoms with Crippen molar-refractivity contribution in [2.45, 2.75) is 44.4 Å². The summed E-state index contributed by atoms with van der Waals surface area (Å²) in [4.78, 5) is 21.0. The van der Waals surface area contributed by atoms with E-state index in [0.29, 0.717) is 40.7 Å². The zero-order valence-corrected chi connectivity index (χ0v) is 26.3. The fourth-order valence-corrected chi connectivity index (χ4v) is 8.49. The van der Waals surface area contributed by atoms with Crippen LogP contribution < -0.4 is 4.74 Å². The Labute approximate surface area is 270 Å². The lowest BCUT2D eigenvalue weighted by Gasteiger charge is -2.52. The van der Waals surface area contributed by atoms with Gasteiger partial charge in [-0.1, -0.05) is 30.4 Å². The molecule has 0 bridgehead atoms. The fraction of sp³-hybridized carbons (Fsp3) is 0.368. The molecule has 1 amide bonds. The molecule has 5 aromatic rings. The van der Waals surface area contributed by atoms with Crippen LogP contribution in [-0.4, -0.2) is 44.6 Å². The third kappa shape index (κ3) is 4.60. The van der Waals surface area contributed by atoms with E-state index in [-0.39, 0.29) is 5.91 Å². The first-order valence-corrected chi connectivity index (χ1v) is 16.5. The predicted molar refractivity (Wildman–Crippen MR) is 176 cm³/mol. The maximum atomic E-state index is 13.8. The van der Waals surface area contributed by atoms with Crippen molar-refractivity contribution in [2.75, 3.05) is 13.7 Å². The number of aromatic nitrogens is 3. The Balaban J connectivity index is 1.07. The lowest BCUT2D eigenvalue weighted by Crippen LogP contribution is -2.53. The number of aryl methyl sites for hydroxylation is 1. The van der Waals surface area contributed by atoms with Crippen molar-refractivity contribution in [2.24, 2.45) is 30.7 Å². The van der Waals surface area contributed by atoms with Gasteiger partial charge in [0, 0.05) is 42.6 Å². The van der Waals surface area contributed by atoms with E-state index >= 15 is 0 Å². The first-order valence-electron chi connectivity index (χ1n) is 16.5. The molecule has 0 N–H and O–H groups in total. The second kappa shape index (κ2) is 10.2. The quantitative estimate of drug-likeness (QED) is 0.169. The Morgan fingerprint density at radius 3 is 2.45 bits per heavy atom. The number of likely N-dealkylation sites (tertiary alicyclic amines) is 1. The van der Waals surface area contributed by atoms with Gasteiger partial charge < -0.3 is 18.8 Å². The number of ether oxygens (including phenoxy) is 1. The van der Waals surface area contributed by atoms with Crippen LogP contribution in [0.2, 0.25) is 0 Å². The number of alkyl halides is 3. The average molecular weight is 637 g/mol. The second-order valence-electron chi connectivity index (χ2n) is 14.0. The molecule has 3 heterocycles. The molecule has 6 nitrogen and oxygen atoms in total. The fourth-order valence-electron chi connectivity index (χ4n) is 8.49. The van der Waals surface area contributed by atoms with E-state index < -0.39 is 11.7 Å². The summed E-state index contributed by atoms with van der Waals surface area (Å²) in [6.45, 7) is 1.75. The molecule has 2 aromatic heterocycles. The molecule has 4 aliphatic rings. The summed E-state index contributed by atoms with van der Waals surface area (Å²) < 4.78 is 49.2. The van der Waals surface area contributed by atoms with Crippen LogP contribution in [0.3, 0.4) is 0 Å². The molecule has 9 rings (SSSR count). The summed E-state index contributed by atoms with van der Waals surface area (Å²) in [7, 11) is 3.64. The Hall–Kier alpha value is -4.53. The summed E-state index contributed by atoms with van der Waals surface area (Å²) in [5.41, 5.74) is 5.33. The molecule has 3 aromatic carbocycles. The molecular formula is C38H35F3N4O2. The van der Waals surface area contributed by atoms with Crippen LogP contribution in [0, 0.1) is 23.7 Å². The van der Waals surface area contributed by atoms with Crippen molar-refractivity contribution in [1.82, 2.24) is 19.0 Å². The highest BCUT2D eigenvalue weighted by molar-refractivity contribution is 6.00. The zero-order valence-electron chi connectivity index (χ0n) is 26.3. The number of rotatable bonds is 7. The summed E-state index contributed by atoms with van der Waals surface area (Å²) in [5, 5.41) is 1.06. The molecule has 0 spiro atoms. The molecule has 9 heteroatoms. The van der Waals surface area contributed by atoms with Crippen LogP contribution in [-0.2, 0) is 19.8 Å². The monoisotopic (exact) mass is 636 g/mol. The van der Waals surface area contributed by atoms with Crippen LogP contribution in [0.5, 0.6) is 5.75 Å². The van der Waals surface area contributed by atoms with Gasteiger partial charge in [0.1, 0.15) is 11.3 Å². The minimum atomic E-state index is -4.35. The molecule has 3 saturated carbocycles. The Morgan fingerprint density at radius 2 is 1.74 bits per heavy atom. The number of fused-ring (bicyclic) bond motifs is 2. The predicted octanol–water partition coefficient (Wildman–Crippen LogP) is 8.28. The molecule has 0 radical (unpaired) electrons. The van der Waals surface area contributed by atoms with Crippen LogP contribution in [0.1, 0.15) is 52.7 Å². The van der Waals surface area contributed by atoms with Gasteiger partial charge in [-0.25, -0.2) is 4.98 Å². The molecule has 4 fully saturated rings. The molecule has 1 aliphatic heterocycles. The third-order valence-electron chi connectivity index (χ3n) is 11.2. The SMILES string of the molecule is COc1cc(C(=O)N2C[C@H]3CC4CC2[C@H]43)cc2nc(-c3cc4cc(/C=C/c5ccc(C(F)(F)F)cc5)ccc4n3CC3CC3)n(C)c12. The largest absolute Gasteiger partial charge is 0.494 e. The molecule has 240 valence electrons. The first-order chi connectivity index (χ1) is 22.7. The minimum Gasteiger partial charge on any atom is -0.494 e. The standard InChI is InChI=1S/C38H35F3N4O2/c1-43-35-29(15-26(18-33(35)47-2)37(46)45-20-27-14-25-17-31(45)34(25)27)42-36(43)32-16-24-13-22(9-12-30(24)44(32)19-23-5-6-23)4-3-21-7-10-28(11-8-21)38(39,40)41/h3-4,7-13,15-16,18,23,25,27,31,34H,5-6,14,17,19-20H2,1-2H3/b4-3+/t25?,27-,31?,34-/m1/s1. The van der Waals surface area contributed by atoms with Crippen molar-refractivity contribution in [3.63, 3.8) is 0 Å². The number of amides is 1. The lowest BCUT2D eigenvalue weighted by molar-refractivity contribution is -0.137. The van der Waals surface area contributed by atoms with Crippen LogP contribution >= 0.6 is 0 Å². The number of halogens is 3. The smallest absolute Gasteiger partial charge is 0.416 e. The van der Waals surface area contributed by atoms with E-state index in [9.17, 15) is 18.0 Å². The van der Waals surface area contributed by atoms with Crippen molar-refractivity contribution >= 4 is 40.0 Å². The van der Waals surface area contributed by atoms with Crippen molar-refractivity contribution < 1.29 is 22.7 Å². The summed E-state index contributed by atoms with van der Waals surface area (Å²) >= 11 is 0. The topological polar surface area (TPSA) is 52.3 Å². The highest BCUT2D eigenvalue weighted by Crippen LogP contribution is 2.60. The van der Waals surface area contributed by atoms with Gasteiger partial charge in [-0.05, 0) is 103 Å². The van der Waals surface area contributed by atoms with Gasteiger partial charge in [0.15, 0.2) is 5.82 Å². The summed E-state index contributed by atoms with van der Waals surface area (Å²) in [5.74, 6) is 4.36. The number of imidazole rings is 1. The molecule has 1 saturated heterocycles. The van der Waals surface area contributed by atoms with Crippen molar-refractivity contribution in [3.05, 3.63) is 82.9 Å². The zero-order chi connectivity index (χ0) is 32.2.